The molecule has 2 aromatic rings. The molecule has 2 aromatic heterocycles. The fourth-order valence-electron chi connectivity index (χ4n) is 2.47. The Morgan fingerprint density at radius 1 is 1.27 bits per heavy atom. The predicted molar refractivity (Wildman–Crippen MR) is 80.9 cm³/mol. The molecule has 3 rings (SSSR count). The molecule has 116 valence electrons. The standard InChI is InChI=1S/C15H19N5O2/c1-10-3-5-20(6-4-10)15(21)12-8-13(17-9-16-12)18-14-7-11(2)22-19-14/h7-10H,3-6H2,1-2H3,(H,16,17,18,19). The highest BCUT2D eigenvalue weighted by molar-refractivity contribution is 5.93. The zero-order valence-corrected chi connectivity index (χ0v) is 12.7. The molecule has 0 aromatic carbocycles. The number of carbonyl (C=O) groups is 1. The van der Waals surface area contributed by atoms with Crippen LogP contribution in [0.25, 0.3) is 0 Å². The van der Waals surface area contributed by atoms with Crippen LogP contribution in [0.1, 0.15) is 36.0 Å². The number of anilines is 2. The normalized spacial score (nSPS) is 15.8. The van der Waals surface area contributed by atoms with Crippen LogP contribution in [0.5, 0.6) is 0 Å². The van der Waals surface area contributed by atoms with Gasteiger partial charge in [0.15, 0.2) is 5.82 Å². The highest BCUT2D eigenvalue weighted by Gasteiger charge is 2.22. The minimum atomic E-state index is -0.0475. The lowest BCUT2D eigenvalue weighted by Gasteiger charge is -2.30. The molecule has 1 N–H and O–H groups in total. The summed E-state index contributed by atoms with van der Waals surface area (Å²) in [6.07, 6.45) is 3.47. The van der Waals surface area contributed by atoms with Gasteiger partial charge >= 0.3 is 0 Å². The molecule has 0 bridgehead atoms. The SMILES string of the molecule is Cc1cc(Nc2cc(C(=O)N3CCC(C)CC3)ncn2)no1. The van der Waals surface area contributed by atoms with Crippen molar-refractivity contribution in [1.82, 2.24) is 20.0 Å². The first kappa shape index (κ1) is 14.5. The van der Waals surface area contributed by atoms with Gasteiger partial charge < -0.3 is 14.7 Å². The third-order valence-electron chi connectivity index (χ3n) is 3.84. The highest BCUT2D eigenvalue weighted by atomic mass is 16.5. The number of likely N-dealkylation sites (tertiary alicyclic amines) is 1. The molecule has 0 atom stereocenters. The van der Waals surface area contributed by atoms with Gasteiger partial charge in [-0.1, -0.05) is 12.1 Å². The summed E-state index contributed by atoms with van der Waals surface area (Å²) in [5, 5.41) is 6.85. The van der Waals surface area contributed by atoms with E-state index in [1.807, 2.05) is 11.8 Å². The van der Waals surface area contributed by atoms with E-state index in [1.54, 1.807) is 12.1 Å². The van der Waals surface area contributed by atoms with E-state index in [2.05, 4.69) is 27.4 Å². The van der Waals surface area contributed by atoms with E-state index in [4.69, 9.17) is 4.52 Å². The van der Waals surface area contributed by atoms with Crippen molar-refractivity contribution in [3.63, 3.8) is 0 Å². The molecule has 0 aliphatic carbocycles. The lowest BCUT2D eigenvalue weighted by molar-refractivity contribution is 0.0691. The monoisotopic (exact) mass is 301 g/mol. The Labute approximate surface area is 128 Å². The van der Waals surface area contributed by atoms with Crippen molar-refractivity contribution >= 4 is 17.5 Å². The molecule has 1 fully saturated rings. The number of nitrogens with one attached hydrogen (secondary N) is 1. The van der Waals surface area contributed by atoms with Gasteiger partial charge in [0.25, 0.3) is 5.91 Å². The van der Waals surface area contributed by atoms with Crippen molar-refractivity contribution in [2.75, 3.05) is 18.4 Å². The molecule has 1 aliphatic rings. The van der Waals surface area contributed by atoms with Crippen molar-refractivity contribution < 1.29 is 9.32 Å². The number of piperidine rings is 1. The number of nitrogens with zero attached hydrogens (tertiary/aromatic N) is 4. The molecular weight excluding hydrogens is 282 g/mol. The molecule has 22 heavy (non-hydrogen) atoms. The quantitative estimate of drug-likeness (QED) is 0.937. The number of amides is 1. The number of carbonyl (C=O) groups excluding carboxylic acids is 1. The Morgan fingerprint density at radius 3 is 2.73 bits per heavy atom. The summed E-state index contributed by atoms with van der Waals surface area (Å²) in [5.74, 6) is 2.42. The molecule has 3 heterocycles. The van der Waals surface area contributed by atoms with E-state index in [-0.39, 0.29) is 5.91 Å². The molecule has 1 aliphatic heterocycles. The third kappa shape index (κ3) is 3.24. The summed E-state index contributed by atoms with van der Waals surface area (Å²) >= 11 is 0. The van der Waals surface area contributed by atoms with E-state index in [9.17, 15) is 4.79 Å². The third-order valence-corrected chi connectivity index (χ3v) is 3.84. The molecule has 0 saturated carbocycles. The minimum Gasteiger partial charge on any atom is -0.360 e. The smallest absolute Gasteiger partial charge is 0.272 e. The summed E-state index contributed by atoms with van der Waals surface area (Å²) in [4.78, 5) is 22.5. The molecule has 0 radical (unpaired) electrons. The predicted octanol–water partition coefficient (Wildman–Crippen LogP) is 2.39. The van der Waals surface area contributed by atoms with Crippen LogP contribution in [0.15, 0.2) is 23.0 Å². The van der Waals surface area contributed by atoms with Crippen LogP contribution in [-0.2, 0) is 0 Å². The fraction of sp³-hybridized carbons (Fsp3) is 0.467. The zero-order valence-electron chi connectivity index (χ0n) is 12.7. The number of aromatic nitrogens is 3. The van der Waals surface area contributed by atoms with Crippen molar-refractivity contribution in [2.45, 2.75) is 26.7 Å². The van der Waals surface area contributed by atoms with Crippen LogP contribution >= 0.6 is 0 Å². The molecular formula is C15H19N5O2. The second-order valence-corrected chi connectivity index (χ2v) is 5.71. The van der Waals surface area contributed by atoms with Crippen LogP contribution in [0.4, 0.5) is 11.6 Å². The zero-order chi connectivity index (χ0) is 15.5. The Kier molecular flexibility index (Phi) is 4.04. The number of aryl methyl sites for hydroxylation is 1. The first-order valence-corrected chi connectivity index (χ1v) is 7.43. The molecule has 1 saturated heterocycles. The fourth-order valence-corrected chi connectivity index (χ4v) is 2.47. The van der Waals surface area contributed by atoms with E-state index >= 15 is 0 Å². The van der Waals surface area contributed by atoms with Gasteiger partial charge in [0, 0.05) is 25.2 Å². The van der Waals surface area contributed by atoms with Gasteiger partial charge in [-0.25, -0.2) is 9.97 Å². The van der Waals surface area contributed by atoms with Gasteiger partial charge in [-0.05, 0) is 25.7 Å². The molecule has 7 heteroatoms. The van der Waals surface area contributed by atoms with Gasteiger partial charge in [-0.3, -0.25) is 4.79 Å². The van der Waals surface area contributed by atoms with Crippen molar-refractivity contribution in [3.05, 3.63) is 29.9 Å². The van der Waals surface area contributed by atoms with E-state index in [0.29, 0.717) is 29.0 Å². The molecule has 1 amide bonds. The Hall–Kier alpha value is -2.44. The summed E-state index contributed by atoms with van der Waals surface area (Å²) < 4.78 is 4.99. The second kappa shape index (κ2) is 6.13. The van der Waals surface area contributed by atoms with Crippen LogP contribution < -0.4 is 5.32 Å². The first-order chi connectivity index (χ1) is 10.6. The van der Waals surface area contributed by atoms with E-state index in [1.165, 1.54) is 6.33 Å². The van der Waals surface area contributed by atoms with Gasteiger partial charge in [0.05, 0.1) is 0 Å². The van der Waals surface area contributed by atoms with Gasteiger partial charge in [0.2, 0.25) is 0 Å². The minimum absolute atomic E-state index is 0.0475. The summed E-state index contributed by atoms with van der Waals surface area (Å²) in [5.41, 5.74) is 0.396. The van der Waals surface area contributed by atoms with E-state index < -0.39 is 0 Å². The second-order valence-electron chi connectivity index (χ2n) is 5.71. The van der Waals surface area contributed by atoms with Gasteiger partial charge in [-0.2, -0.15) is 0 Å². The van der Waals surface area contributed by atoms with Crippen molar-refractivity contribution in [3.8, 4) is 0 Å². The van der Waals surface area contributed by atoms with Crippen LogP contribution in [0.2, 0.25) is 0 Å². The average molecular weight is 301 g/mol. The summed E-state index contributed by atoms with van der Waals surface area (Å²) in [6, 6.07) is 3.40. The Balaban J connectivity index is 1.71. The van der Waals surface area contributed by atoms with Crippen molar-refractivity contribution in [1.29, 1.82) is 0 Å². The maximum absolute atomic E-state index is 12.5. The van der Waals surface area contributed by atoms with Crippen LogP contribution in [0.3, 0.4) is 0 Å². The summed E-state index contributed by atoms with van der Waals surface area (Å²) in [6.45, 7) is 5.60. The number of hydrogen-bond donors (Lipinski definition) is 1. The van der Waals surface area contributed by atoms with E-state index in [0.717, 1.165) is 25.9 Å². The highest BCUT2D eigenvalue weighted by Crippen LogP contribution is 2.19. The lowest BCUT2D eigenvalue weighted by Crippen LogP contribution is -2.38. The largest absolute Gasteiger partial charge is 0.360 e. The van der Waals surface area contributed by atoms with Gasteiger partial charge in [0.1, 0.15) is 23.6 Å². The van der Waals surface area contributed by atoms with Crippen LogP contribution in [-0.4, -0.2) is 39.0 Å². The maximum atomic E-state index is 12.5. The molecule has 0 spiro atoms. The maximum Gasteiger partial charge on any atom is 0.272 e. The molecule has 7 nitrogen and oxygen atoms in total. The Morgan fingerprint density at radius 2 is 2.05 bits per heavy atom. The average Bonchev–Trinajstić information content (AvgIpc) is 2.93. The van der Waals surface area contributed by atoms with Gasteiger partial charge in [-0.15, -0.1) is 0 Å². The lowest BCUT2D eigenvalue weighted by atomic mass is 9.99. The first-order valence-electron chi connectivity index (χ1n) is 7.43. The summed E-state index contributed by atoms with van der Waals surface area (Å²) in [7, 11) is 0. The topological polar surface area (TPSA) is 84.2 Å². The Bertz CT molecular complexity index is 661. The molecule has 0 unspecified atom stereocenters. The van der Waals surface area contributed by atoms with Crippen molar-refractivity contribution in [2.24, 2.45) is 5.92 Å². The number of rotatable bonds is 3. The van der Waals surface area contributed by atoms with Crippen LogP contribution in [0, 0.1) is 12.8 Å². The number of hydrogen-bond acceptors (Lipinski definition) is 6.